The lowest BCUT2D eigenvalue weighted by atomic mass is 9.91. The quantitative estimate of drug-likeness (QED) is 0.734. The Morgan fingerprint density at radius 1 is 1.29 bits per heavy atom. The molecule has 0 aliphatic carbocycles. The molecule has 1 saturated heterocycles. The van der Waals surface area contributed by atoms with Crippen molar-refractivity contribution in [2.24, 2.45) is 11.8 Å². The summed E-state index contributed by atoms with van der Waals surface area (Å²) in [6, 6.07) is 4.70. The van der Waals surface area contributed by atoms with Crippen LogP contribution in [0.5, 0.6) is 0 Å². The molecule has 0 aromatic heterocycles. The lowest BCUT2D eigenvalue weighted by Crippen LogP contribution is -2.39. The molecule has 1 fully saturated rings. The van der Waals surface area contributed by atoms with Gasteiger partial charge in [-0.3, -0.25) is 4.79 Å². The van der Waals surface area contributed by atoms with Crippen molar-refractivity contribution >= 4 is 12.0 Å². The number of anilines is 1. The summed E-state index contributed by atoms with van der Waals surface area (Å²) in [5.74, 6) is 0.878. The van der Waals surface area contributed by atoms with Crippen LogP contribution in [-0.2, 0) is 0 Å². The van der Waals surface area contributed by atoms with Crippen LogP contribution in [0.2, 0.25) is 0 Å². The Morgan fingerprint density at radius 3 is 2.47 bits per heavy atom. The van der Waals surface area contributed by atoms with Crippen LogP contribution in [0.3, 0.4) is 0 Å². The Bertz CT molecular complexity index is 409. The highest BCUT2D eigenvalue weighted by molar-refractivity contribution is 5.76. The van der Waals surface area contributed by atoms with Crippen molar-refractivity contribution in [1.29, 1.82) is 0 Å². The molecule has 1 aromatic rings. The summed E-state index contributed by atoms with van der Waals surface area (Å²) >= 11 is 0. The summed E-state index contributed by atoms with van der Waals surface area (Å²) in [6.45, 7) is 6.17. The summed E-state index contributed by atoms with van der Waals surface area (Å²) in [7, 11) is 0. The summed E-state index contributed by atoms with van der Waals surface area (Å²) in [4.78, 5) is 12.7. The number of carbonyl (C=O) groups excluding carboxylic acids is 1. The number of carbonyl (C=O) groups is 1. The maximum atomic E-state index is 13.9. The Kier molecular flexibility index (Phi) is 3.46. The van der Waals surface area contributed by atoms with Gasteiger partial charge in [0.25, 0.3) is 0 Å². The van der Waals surface area contributed by atoms with Crippen LogP contribution in [0.4, 0.5) is 10.1 Å². The average Bonchev–Trinajstić information content (AvgIpc) is 2.27. The Hall–Kier alpha value is -1.38. The first-order valence-corrected chi connectivity index (χ1v) is 6.10. The fraction of sp³-hybridized carbons (Fsp3) is 0.500. The lowest BCUT2D eigenvalue weighted by molar-refractivity contribution is 0.112. The van der Waals surface area contributed by atoms with Gasteiger partial charge >= 0.3 is 0 Å². The molecule has 1 aliphatic rings. The molecule has 3 heteroatoms. The van der Waals surface area contributed by atoms with Crippen LogP contribution in [0, 0.1) is 17.7 Å². The third kappa shape index (κ3) is 2.65. The molecular weight excluding hydrogens is 217 g/mol. The molecule has 1 aliphatic heterocycles. The summed E-state index contributed by atoms with van der Waals surface area (Å²) in [5.41, 5.74) is 1.01. The van der Waals surface area contributed by atoms with Crippen molar-refractivity contribution in [3.05, 3.63) is 29.6 Å². The SMILES string of the molecule is CC1CC(C)CN(c2ccc(C=O)cc2F)C1. The van der Waals surface area contributed by atoms with Crippen molar-refractivity contribution in [1.82, 2.24) is 0 Å². The van der Waals surface area contributed by atoms with Crippen molar-refractivity contribution in [3.63, 3.8) is 0 Å². The van der Waals surface area contributed by atoms with Crippen LogP contribution < -0.4 is 4.90 Å². The number of benzene rings is 1. The van der Waals surface area contributed by atoms with Gasteiger partial charge < -0.3 is 4.90 Å². The highest BCUT2D eigenvalue weighted by Gasteiger charge is 2.23. The molecule has 92 valence electrons. The Balaban J connectivity index is 2.24. The molecule has 1 heterocycles. The fourth-order valence-electron chi connectivity index (χ4n) is 2.71. The topological polar surface area (TPSA) is 20.3 Å². The van der Waals surface area contributed by atoms with Crippen molar-refractivity contribution < 1.29 is 9.18 Å². The van der Waals surface area contributed by atoms with Crippen molar-refractivity contribution in [3.8, 4) is 0 Å². The van der Waals surface area contributed by atoms with Gasteiger partial charge in [-0.05, 0) is 36.5 Å². The fourth-order valence-corrected chi connectivity index (χ4v) is 2.71. The molecule has 0 radical (unpaired) electrons. The molecule has 2 rings (SSSR count). The number of hydrogen-bond donors (Lipinski definition) is 0. The second-order valence-electron chi connectivity index (χ2n) is 5.18. The molecule has 17 heavy (non-hydrogen) atoms. The van der Waals surface area contributed by atoms with E-state index >= 15 is 0 Å². The minimum atomic E-state index is -0.295. The zero-order valence-corrected chi connectivity index (χ0v) is 10.3. The molecular formula is C14H18FNO. The van der Waals surface area contributed by atoms with E-state index in [9.17, 15) is 9.18 Å². The Morgan fingerprint density at radius 2 is 1.94 bits per heavy atom. The lowest BCUT2D eigenvalue weighted by Gasteiger charge is -2.36. The van der Waals surface area contributed by atoms with Crippen LogP contribution in [-0.4, -0.2) is 19.4 Å². The first-order chi connectivity index (χ1) is 8.10. The van der Waals surface area contributed by atoms with E-state index in [-0.39, 0.29) is 5.82 Å². The van der Waals surface area contributed by atoms with Gasteiger partial charge in [-0.1, -0.05) is 13.8 Å². The molecule has 2 nitrogen and oxygen atoms in total. The normalized spacial score (nSPS) is 24.8. The van der Waals surface area contributed by atoms with Gasteiger partial charge in [0.15, 0.2) is 0 Å². The molecule has 1 aromatic carbocycles. The minimum absolute atomic E-state index is 0.295. The number of rotatable bonds is 2. The smallest absolute Gasteiger partial charge is 0.150 e. The van der Waals surface area contributed by atoms with E-state index in [0.29, 0.717) is 29.4 Å². The van der Waals surface area contributed by atoms with Gasteiger partial charge in [0.1, 0.15) is 12.1 Å². The molecule has 0 spiro atoms. The van der Waals surface area contributed by atoms with Gasteiger partial charge in [-0.2, -0.15) is 0 Å². The minimum Gasteiger partial charge on any atom is -0.369 e. The van der Waals surface area contributed by atoms with E-state index in [1.807, 2.05) is 0 Å². The predicted molar refractivity (Wildman–Crippen MR) is 66.9 cm³/mol. The monoisotopic (exact) mass is 235 g/mol. The van der Waals surface area contributed by atoms with Gasteiger partial charge in [0.05, 0.1) is 5.69 Å². The third-order valence-corrected chi connectivity index (χ3v) is 3.32. The summed E-state index contributed by atoms with van der Waals surface area (Å²) < 4.78 is 13.9. The Labute approximate surface area is 101 Å². The van der Waals surface area contributed by atoms with Crippen LogP contribution in [0.15, 0.2) is 18.2 Å². The predicted octanol–water partition coefficient (Wildman–Crippen LogP) is 3.12. The molecule has 0 N–H and O–H groups in total. The highest BCUT2D eigenvalue weighted by atomic mass is 19.1. The maximum absolute atomic E-state index is 13.9. The second-order valence-corrected chi connectivity index (χ2v) is 5.18. The molecule has 0 bridgehead atoms. The number of halogens is 1. The number of aldehydes is 1. The van der Waals surface area contributed by atoms with E-state index in [0.717, 1.165) is 13.1 Å². The van der Waals surface area contributed by atoms with Crippen molar-refractivity contribution in [2.45, 2.75) is 20.3 Å². The van der Waals surface area contributed by atoms with Gasteiger partial charge in [-0.25, -0.2) is 4.39 Å². The number of hydrogen-bond acceptors (Lipinski definition) is 2. The zero-order chi connectivity index (χ0) is 12.4. The maximum Gasteiger partial charge on any atom is 0.150 e. The van der Waals surface area contributed by atoms with E-state index in [2.05, 4.69) is 18.7 Å². The van der Waals surface area contributed by atoms with Crippen LogP contribution in [0.25, 0.3) is 0 Å². The standard InChI is InChI=1S/C14H18FNO/c1-10-5-11(2)8-16(7-10)14-4-3-12(9-17)6-13(14)15/h3-4,6,9-11H,5,7-8H2,1-2H3. The second kappa shape index (κ2) is 4.86. The van der Waals surface area contributed by atoms with Gasteiger partial charge in [0.2, 0.25) is 0 Å². The highest BCUT2D eigenvalue weighted by Crippen LogP contribution is 2.28. The number of piperidine rings is 1. The largest absolute Gasteiger partial charge is 0.369 e. The zero-order valence-electron chi connectivity index (χ0n) is 10.3. The van der Waals surface area contributed by atoms with Gasteiger partial charge in [-0.15, -0.1) is 0 Å². The summed E-state index contributed by atoms with van der Waals surface area (Å²) in [6.07, 6.45) is 1.87. The molecule has 0 saturated carbocycles. The first kappa shape index (κ1) is 12.1. The summed E-state index contributed by atoms with van der Waals surface area (Å²) in [5, 5.41) is 0. The number of nitrogens with zero attached hydrogens (tertiary/aromatic N) is 1. The van der Waals surface area contributed by atoms with E-state index in [1.165, 1.54) is 12.5 Å². The van der Waals surface area contributed by atoms with Gasteiger partial charge in [0, 0.05) is 18.7 Å². The average molecular weight is 235 g/mol. The van der Waals surface area contributed by atoms with E-state index < -0.39 is 0 Å². The van der Waals surface area contributed by atoms with Crippen molar-refractivity contribution in [2.75, 3.05) is 18.0 Å². The van der Waals surface area contributed by atoms with Crippen LogP contribution >= 0.6 is 0 Å². The van der Waals surface area contributed by atoms with Crippen LogP contribution in [0.1, 0.15) is 30.6 Å². The van der Waals surface area contributed by atoms with E-state index in [1.54, 1.807) is 12.1 Å². The first-order valence-electron chi connectivity index (χ1n) is 6.10. The molecule has 2 unspecified atom stereocenters. The molecule has 2 atom stereocenters. The van der Waals surface area contributed by atoms with E-state index in [4.69, 9.17) is 0 Å². The molecule has 0 amide bonds. The third-order valence-electron chi connectivity index (χ3n) is 3.32.